The number of allylic oxidation sites excluding steroid dienone is 4. The van der Waals surface area contributed by atoms with Crippen molar-refractivity contribution in [1.29, 1.82) is 0 Å². The molecule has 0 fully saturated rings. The maximum Gasteiger partial charge on any atom is 0.217 e. The van der Waals surface area contributed by atoms with Crippen molar-refractivity contribution in [2.75, 3.05) is 13.2 Å². The zero-order chi connectivity index (χ0) is 31.7. The van der Waals surface area contributed by atoms with Crippen LogP contribution < -0.4 is 0 Å². The Labute approximate surface area is 268 Å². The van der Waals surface area contributed by atoms with Gasteiger partial charge in [0.25, 0.3) is 0 Å². The summed E-state index contributed by atoms with van der Waals surface area (Å²) in [5.74, 6) is 1.74. The Balaban J connectivity index is 1.48. The predicted octanol–water partition coefficient (Wildman–Crippen LogP) is 9.32. The van der Waals surface area contributed by atoms with Gasteiger partial charge in [0.2, 0.25) is 11.8 Å². The summed E-state index contributed by atoms with van der Waals surface area (Å²) in [6.07, 6.45) is 4.27. The van der Waals surface area contributed by atoms with E-state index in [1.807, 2.05) is 12.1 Å². The smallest absolute Gasteiger partial charge is 0.217 e. The highest BCUT2D eigenvalue weighted by Crippen LogP contribution is 2.70. The zero-order valence-electron chi connectivity index (χ0n) is 27.6. The predicted molar refractivity (Wildman–Crippen MR) is 184 cm³/mol. The van der Waals surface area contributed by atoms with E-state index in [4.69, 9.17) is 19.5 Å². The first-order chi connectivity index (χ1) is 21.5. The van der Waals surface area contributed by atoms with E-state index in [1.165, 1.54) is 39.0 Å². The van der Waals surface area contributed by atoms with Gasteiger partial charge in [-0.25, -0.2) is 9.98 Å². The molecule has 3 aromatic carbocycles. The van der Waals surface area contributed by atoms with Gasteiger partial charge in [0.1, 0.15) is 25.3 Å². The highest BCUT2D eigenvalue weighted by molar-refractivity contribution is 6.04. The van der Waals surface area contributed by atoms with Crippen LogP contribution in [0.2, 0.25) is 0 Å². The minimum Gasteiger partial charge on any atom is -0.475 e. The lowest BCUT2D eigenvalue weighted by Gasteiger charge is -2.43. The first kappa shape index (κ1) is 29.5. The number of ether oxygens (including phenoxy) is 2. The fourth-order valence-corrected chi connectivity index (χ4v) is 9.30. The molecule has 0 spiro atoms. The van der Waals surface area contributed by atoms with Gasteiger partial charge < -0.3 is 9.47 Å². The monoisotopic (exact) mass is 596 g/mol. The first-order valence-electron chi connectivity index (χ1n) is 16.2. The molecule has 0 aromatic heterocycles. The molecule has 0 N–H and O–H groups in total. The lowest BCUT2D eigenvalue weighted by atomic mass is 9.60. The largest absolute Gasteiger partial charge is 0.475 e. The molecule has 3 aromatic rings. The number of aryl methyl sites for hydroxylation is 1. The maximum absolute atomic E-state index is 6.64. The van der Waals surface area contributed by atoms with Crippen LogP contribution in [0.15, 0.2) is 118 Å². The van der Waals surface area contributed by atoms with E-state index in [0.717, 1.165) is 22.9 Å². The van der Waals surface area contributed by atoms with Crippen molar-refractivity contribution in [3.8, 4) is 0 Å². The molecule has 4 nitrogen and oxygen atoms in total. The summed E-state index contributed by atoms with van der Waals surface area (Å²) in [5, 5.41) is 0. The van der Waals surface area contributed by atoms with Crippen LogP contribution in [0.5, 0.6) is 0 Å². The molecule has 0 saturated heterocycles. The number of hydrogen-bond donors (Lipinski definition) is 0. The Bertz CT molecular complexity index is 1810. The van der Waals surface area contributed by atoms with E-state index in [-0.39, 0.29) is 28.8 Å². The third kappa shape index (κ3) is 4.40. The van der Waals surface area contributed by atoms with Crippen LogP contribution in [0.1, 0.15) is 87.0 Å². The number of nitrogens with zero attached hydrogens (tertiary/aromatic N) is 2. The number of hydrogen-bond acceptors (Lipinski definition) is 4. The summed E-state index contributed by atoms with van der Waals surface area (Å²) in [5.41, 5.74) is 10.2. The van der Waals surface area contributed by atoms with Crippen molar-refractivity contribution in [2.45, 2.75) is 71.4 Å². The van der Waals surface area contributed by atoms with Gasteiger partial charge in [-0.3, -0.25) is 0 Å². The molecule has 0 bridgehead atoms. The molecular formula is C41H44N2O2. The van der Waals surface area contributed by atoms with Gasteiger partial charge in [0, 0.05) is 16.6 Å². The SMILES string of the molecule is C=C/C(C)=C\C1=C(C2=N[C@@H](c3ccccc3)CO2)[C@@]2(C)c3c(C4=N[C@@H](c5ccccc5)CO4)cc(C)cc3C(C)(C)[C@H]2C1(C)C. The van der Waals surface area contributed by atoms with Crippen molar-refractivity contribution in [3.05, 3.63) is 142 Å². The van der Waals surface area contributed by atoms with Gasteiger partial charge in [-0.15, -0.1) is 0 Å². The molecule has 0 amide bonds. The van der Waals surface area contributed by atoms with E-state index in [9.17, 15) is 0 Å². The molecule has 0 radical (unpaired) electrons. The topological polar surface area (TPSA) is 43.2 Å². The summed E-state index contributed by atoms with van der Waals surface area (Å²) >= 11 is 0. The van der Waals surface area contributed by atoms with Crippen LogP contribution in [-0.2, 0) is 20.3 Å². The van der Waals surface area contributed by atoms with E-state index in [0.29, 0.717) is 13.2 Å². The summed E-state index contributed by atoms with van der Waals surface area (Å²) in [7, 11) is 0. The first-order valence-corrected chi connectivity index (χ1v) is 16.2. The third-order valence-corrected chi connectivity index (χ3v) is 10.8. The van der Waals surface area contributed by atoms with Gasteiger partial charge in [-0.1, -0.05) is 131 Å². The summed E-state index contributed by atoms with van der Waals surface area (Å²) in [6, 6.07) is 25.6. The van der Waals surface area contributed by atoms with E-state index in [1.54, 1.807) is 0 Å². The van der Waals surface area contributed by atoms with E-state index < -0.39 is 5.41 Å². The molecule has 7 rings (SSSR count). The quantitative estimate of drug-likeness (QED) is 0.266. The molecule has 2 heterocycles. The standard InChI is InChI=1S/C41H44N2O2/c1-9-25(2)21-31-35(37-43-33(24-45-37)28-18-14-11-15-19-28)41(8)34-29(36-42-32(23-44-36)27-16-12-10-13-17-27)20-26(3)22-30(34)39(4,5)38(41)40(31,6)7/h9-22,32-33,38H,1,23-24H2,2-8H3/b25-21-/t32-,33-,38+,41-/m1/s1. The van der Waals surface area contributed by atoms with Crippen molar-refractivity contribution in [3.63, 3.8) is 0 Å². The van der Waals surface area contributed by atoms with Gasteiger partial charge in [0.05, 0.1) is 0 Å². The van der Waals surface area contributed by atoms with Gasteiger partial charge in [0.15, 0.2) is 0 Å². The number of benzene rings is 3. The molecule has 45 heavy (non-hydrogen) atoms. The second-order valence-electron chi connectivity index (χ2n) is 14.5. The molecule has 0 saturated carbocycles. The van der Waals surface area contributed by atoms with Crippen molar-refractivity contribution < 1.29 is 9.47 Å². The molecule has 2 aliphatic heterocycles. The molecule has 4 aliphatic rings. The van der Waals surface area contributed by atoms with Crippen molar-refractivity contribution >= 4 is 11.8 Å². The summed E-state index contributed by atoms with van der Waals surface area (Å²) < 4.78 is 13.1. The van der Waals surface area contributed by atoms with Crippen LogP contribution in [0.4, 0.5) is 0 Å². The second kappa shape index (κ2) is 10.4. The highest BCUT2D eigenvalue weighted by Gasteiger charge is 2.67. The molecule has 230 valence electrons. The number of rotatable bonds is 6. The Morgan fingerprint density at radius 3 is 1.93 bits per heavy atom. The fraction of sp³-hybridized carbons (Fsp3) is 0.366. The second-order valence-corrected chi connectivity index (χ2v) is 14.5. The van der Waals surface area contributed by atoms with Crippen molar-refractivity contribution in [1.82, 2.24) is 0 Å². The van der Waals surface area contributed by atoms with Gasteiger partial charge in [-0.2, -0.15) is 0 Å². The zero-order valence-corrected chi connectivity index (χ0v) is 27.6. The summed E-state index contributed by atoms with van der Waals surface area (Å²) in [4.78, 5) is 10.6. The van der Waals surface area contributed by atoms with Crippen LogP contribution in [-0.4, -0.2) is 25.0 Å². The Hall–Kier alpha value is -4.18. The van der Waals surface area contributed by atoms with Crippen LogP contribution in [0.25, 0.3) is 0 Å². The Morgan fingerprint density at radius 1 is 0.800 bits per heavy atom. The highest BCUT2D eigenvalue weighted by atomic mass is 16.5. The average Bonchev–Trinajstić information content (AvgIpc) is 3.77. The minimum atomic E-state index is -0.403. The lowest BCUT2D eigenvalue weighted by molar-refractivity contribution is 0.149. The third-order valence-electron chi connectivity index (χ3n) is 10.8. The fourth-order valence-electron chi connectivity index (χ4n) is 9.30. The van der Waals surface area contributed by atoms with Crippen LogP contribution in [0.3, 0.4) is 0 Å². The van der Waals surface area contributed by atoms with Crippen LogP contribution in [0, 0.1) is 18.3 Å². The normalized spacial score (nSPS) is 27.8. The molecular weight excluding hydrogens is 552 g/mol. The van der Waals surface area contributed by atoms with Crippen molar-refractivity contribution in [2.24, 2.45) is 21.3 Å². The molecule has 2 aliphatic carbocycles. The van der Waals surface area contributed by atoms with E-state index in [2.05, 4.69) is 128 Å². The molecule has 4 heteroatoms. The van der Waals surface area contributed by atoms with Gasteiger partial charge in [-0.05, 0) is 64.5 Å². The van der Waals surface area contributed by atoms with Gasteiger partial charge >= 0.3 is 0 Å². The number of fused-ring (bicyclic) bond motifs is 3. The number of aliphatic imine (C=N–C) groups is 2. The molecule has 0 unspecified atom stereocenters. The average molecular weight is 597 g/mol. The lowest BCUT2D eigenvalue weighted by Crippen LogP contribution is -2.42. The Morgan fingerprint density at radius 2 is 1.36 bits per heavy atom. The Kier molecular flexibility index (Phi) is 6.85. The molecule has 4 atom stereocenters. The van der Waals surface area contributed by atoms with Crippen LogP contribution >= 0.6 is 0 Å². The van der Waals surface area contributed by atoms with E-state index >= 15 is 0 Å². The maximum atomic E-state index is 6.64. The summed E-state index contributed by atoms with van der Waals surface area (Å²) in [6.45, 7) is 21.6. The minimum absolute atomic E-state index is 0.0201.